The monoisotopic (exact) mass is 473 g/mol. The molecular weight excluding hydrogens is 451 g/mol. The van der Waals surface area contributed by atoms with E-state index in [1.807, 2.05) is 0 Å². The number of ether oxygens (including phenoxy) is 1. The van der Waals surface area contributed by atoms with Gasteiger partial charge in [0.2, 0.25) is 17.6 Å². The van der Waals surface area contributed by atoms with Crippen LogP contribution in [0.1, 0.15) is 24.1 Å². The molecule has 2 heterocycles. The van der Waals surface area contributed by atoms with E-state index in [9.17, 15) is 27.0 Å². The van der Waals surface area contributed by atoms with Crippen LogP contribution in [0.3, 0.4) is 0 Å². The van der Waals surface area contributed by atoms with E-state index in [0.717, 1.165) is 10.1 Å². The van der Waals surface area contributed by atoms with Gasteiger partial charge in [0, 0.05) is 29.6 Å². The number of nitrogens with zero attached hydrogens (tertiary/aromatic N) is 4. The predicted molar refractivity (Wildman–Crippen MR) is 108 cm³/mol. The van der Waals surface area contributed by atoms with Crippen LogP contribution < -0.4 is 10.1 Å². The molecule has 0 saturated carbocycles. The molecule has 2 atom stereocenters. The van der Waals surface area contributed by atoms with E-state index in [4.69, 9.17) is 4.74 Å². The third kappa shape index (κ3) is 5.44. The molecule has 0 bridgehead atoms. The van der Waals surface area contributed by atoms with Crippen molar-refractivity contribution >= 4 is 22.6 Å². The van der Waals surface area contributed by atoms with Gasteiger partial charge in [0.25, 0.3) is 0 Å². The summed E-state index contributed by atoms with van der Waals surface area (Å²) >= 11 is 0. The van der Waals surface area contributed by atoms with Crippen LogP contribution in [-0.2, 0) is 45.4 Å². The van der Waals surface area contributed by atoms with E-state index >= 15 is 0 Å². The minimum Gasteiger partial charge on any atom is -0.497 e. The number of amides is 2. The number of nitrogens with one attached hydrogen (secondary N) is 1. The molecule has 32 heavy (non-hydrogen) atoms. The average Bonchev–Trinajstić information content (AvgIpc) is 3.21. The van der Waals surface area contributed by atoms with E-state index in [2.05, 4.69) is 15.5 Å². The fraction of sp³-hybridized carbons (Fsp3) is 0.474. The normalized spacial score (nSPS) is 15.6. The number of carbonyl (C=O) groups is 2. The molecule has 2 aromatic rings. The van der Waals surface area contributed by atoms with Gasteiger partial charge in [-0.15, -0.1) is 10.2 Å². The number of rotatable bonds is 7. The lowest BCUT2D eigenvalue weighted by Crippen LogP contribution is -2.46. The van der Waals surface area contributed by atoms with Gasteiger partial charge in [-0.25, -0.2) is 0 Å². The lowest BCUT2D eigenvalue weighted by atomic mass is 10.2. The lowest BCUT2D eigenvalue weighted by Gasteiger charge is -2.28. The Balaban J connectivity index is 1.50. The number of fused-ring (bicyclic) bond motifs is 1. The van der Waals surface area contributed by atoms with Crippen molar-refractivity contribution in [2.75, 3.05) is 20.2 Å². The smallest absolute Gasteiger partial charge is 0.451 e. The van der Waals surface area contributed by atoms with Crippen LogP contribution in [0.15, 0.2) is 24.3 Å². The van der Waals surface area contributed by atoms with Crippen LogP contribution in [0, 0.1) is 0 Å². The number of alkyl halides is 3. The molecule has 1 N–H and O–H groups in total. The Hall–Kier alpha value is -2.96. The van der Waals surface area contributed by atoms with Gasteiger partial charge in [0.15, 0.2) is 5.82 Å². The first-order valence-corrected chi connectivity index (χ1v) is 11.0. The van der Waals surface area contributed by atoms with Crippen molar-refractivity contribution in [1.82, 2.24) is 25.0 Å². The molecule has 9 nitrogen and oxygen atoms in total. The Morgan fingerprint density at radius 1 is 1.22 bits per heavy atom. The number of methoxy groups -OCH3 is 1. The summed E-state index contributed by atoms with van der Waals surface area (Å²) < 4.78 is 57.2. The average molecular weight is 473 g/mol. The zero-order valence-corrected chi connectivity index (χ0v) is 18.2. The Morgan fingerprint density at radius 2 is 1.91 bits per heavy atom. The second kappa shape index (κ2) is 9.67. The molecule has 1 aliphatic heterocycles. The van der Waals surface area contributed by atoms with Gasteiger partial charge in [-0.2, -0.15) is 13.2 Å². The summed E-state index contributed by atoms with van der Waals surface area (Å²) in [5, 5.41) is 8.27. The van der Waals surface area contributed by atoms with E-state index < -0.39 is 39.9 Å². The molecule has 13 heteroatoms. The summed E-state index contributed by atoms with van der Waals surface area (Å²) in [4.78, 5) is 26.0. The SMILES string of the molecule is COc1ccc(CS(=O)C(C)C(=O)NCC(=O)N2CCn3c(nnc3C(F)(F)F)C2)cc1. The Labute approximate surface area is 184 Å². The molecule has 1 aromatic carbocycles. The predicted octanol–water partition coefficient (Wildman–Crippen LogP) is 1.10. The van der Waals surface area contributed by atoms with E-state index in [1.54, 1.807) is 24.3 Å². The fourth-order valence-corrected chi connectivity index (χ4v) is 4.22. The summed E-state index contributed by atoms with van der Waals surface area (Å²) in [6, 6.07) is 6.97. The molecule has 1 aliphatic rings. The van der Waals surface area contributed by atoms with Crippen LogP contribution >= 0.6 is 0 Å². The molecule has 2 amide bonds. The third-order valence-electron chi connectivity index (χ3n) is 5.00. The first-order valence-electron chi connectivity index (χ1n) is 9.65. The van der Waals surface area contributed by atoms with Gasteiger partial charge in [-0.1, -0.05) is 12.1 Å². The first-order chi connectivity index (χ1) is 15.1. The Morgan fingerprint density at radius 3 is 2.53 bits per heavy atom. The second-order valence-electron chi connectivity index (χ2n) is 7.14. The molecule has 0 radical (unpaired) electrons. The third-order valence-corrected chi connectivity index (χ3v) is 6.63. The Bertz CT molecular complexity index is 1010. The van der Waals surface area contributed by atoms with Crippen molar-refractivity contribution in [2.24, 2.45) is 0 Å². The number of aromatic nitrogens is 3. The number of benzene rings is 1. The molecule has 0 fully saturated rings. The Kier molecular flexibility index (Phi) is 7.16. The maximum atomic E-state index is 12.9. The number of halogens is 3. The first kappa shape index (κ1) is 23.7. The largest absolute Gasteiger partial charge is 0.497 e. The molecule has 0 aliphatic carbocycles. The van der Waals surface area contributed by atoms with Gasteiger partial charge in [0.05, 0.1) is 20.2 Å². The highest BCUT2D eigenvalue weighted by Gasteiger charge is 2.39. The van der Waals surface area contributed by atoms with Crippen molar-refractivity contribution in [2.45, 2.75) is 37.2 Å². The maximum absolute atomic E-state index is 12.9. The van der Waals surface area contributed by atoms with Crippen molar-refractivity contribution in [3.05, 3.63) is 41.5 Å². The highest BCUT2D eigenvalue weighted by molar-refractivity contribution is 7.85. The van der Waals surface area contributed by atoms with Crippen LogP contribution in [0.25, 0.3) is 0 Å². The summed E-state index contributed by atoms with van der Waals surface area (Å²) in [6.45, 7) is 0.933. The lowest BCUT2D eigenvalue weighted by molar-refractivity contribution is -0.148. The van der Waals surface area contributed by atoms with Crippen LogP contribution in [0.2, 0.25) is 0 Å². The van der Waals surface area contributed by atoms with Crippen molar-refractivity contribution < 1.29 is 31.7 Å². The summed E-state index contributed by atoms with van der Waals surface area (Å²) in [5.41, 5.74) is 0.774. The van der Waals surface area contributed by atoms with Gasteiger partial charge in [-0.05, 0) is 24.6 Å². The maximum Gasteiger partial charge on any atom is 0.451 e. The zero-order chi connectivity index (χ0) is 23.5. The summed E-state index contributed by atoms with van der Waals surface area (Å²) in [7, 11) is 0.0219. The van der Waals surface area contributed by atoms with Crippen LogP contribution in [0.4, 0.5) is 13.2 Å². The van der Waals surface area contributed by atoms with Gasteiger partial charge in [0.1, 0.15) is 11.0 Å². The molecule has 3 rings (SSSR count). The number of hydrogen-bond acceptors (Lipinski definition) is 6. The molecule has 0 saturated heterocycles. The molecule has 2 unspecified atom stereocenters. The van der Waals surface area contributed by atoms with Crippen molar-refractivity contribution in [1.29, 1.82) is 0 Å². The highest BCUT2D eigenvalue weighted by Crippen LogP contribution is 2.29. The van der Waals surface area contributed by atoms with Gasteiger partial charge >= 0.3 is 6.18 Å². The van der Waals surface area contributed by atoms with Crippen LogP contribution in [0.5, 0.6) is 5.75 Å². The molecule has 0 spiro atoms. The highest BCUT2D eigenvalue weighted by atomic mass is 32.2. The number of hydrogen-bond donors (Lipinski definition) is 1. The van der Waals surface area contributed by atoms with Crippen molar-refractivity contribution in [3.8, 4) is 5.75 Å². The number of carbonyl (C=O) groups excluding carboxylic acids is 2. The molecular formula is C19H22F3N5O4S. The topological polar surface area (TPSA) is 106 Å². The second-order valence-corrected chi connectivity index (χ2v) is 8.89. The zero-order valence-electron chi connectivity index (χ0n) is 17.4. The summed E-state index contributed by atoms with van der Waals surface area (Å²) in [5.74, 6) is -1.28. The fourth-order valence-electron chi connectivity index (χ4n) is 3.13. The molecule has 1 aromatic heterocycles. The van der Waals surface area contributed by atoms with E-state index in [0.29, 0.717) is 5.75 Å². The minimum atomic E-state index is -4.62. The van der Waals surface area contributed by atoms with Gasteiger partial charge in [-0.3, -0.25) is 13.8 Å². The molecule has 174 valence electrons. The van der Waals surface area contributed by atoms with Gasteiger partial charge < -0.3 is 19.5 Å². The van der Waals surface area contributed by atoms with E-state index in [1.165, 1.54) is 18.9 Å². The standard InChI is InChI=1S/C19H22F3N5O4S/c1-12(32(30)11-13-3-5-14(31-2)6-4-13)17(29)23-9-16(28)26-7-8-27-15(10-26)24-25-18(27)19(20,21)22/h3-6,12H,7-11H2,1-2H3,(H,23,29). The quantitative estimate of drug-likeness (QED) is 0.646. The van der Waals surface area contributed by atoms with Crippen LogP contribution in [-0.4, -0.2) is 61.1 Å². The summed E-state index contributed by atoms with van der Waals surface area (Å²) in [6.07, 6.45) is -4.62. The van der Waals surface area contributed by atoms with E-state index in [-0.39, 0.29) is 37.8 Å². The van der Waals surface area contributed by atoms with Crippen molar-refractivity contribution in [3.63, 3.8) is 0 Å². The minimum absolute atomic E-state index is 0.0252.